The van der Waals surface area contributed by atoms with Gasteiger partial charge in [0, 0.05) is 0 Å². The van der Waals surface area contributed by atoms with Crippen molar-refractivity contribution >= 4 is 33.2 Å². The zero-order valence-electron chi connectivity index (χ0n) is 12.4. The Bertz CT molecular complexity index is 1020. The maximum Gasteiger partial charge on any atom is 0.348 e. The summed E-state index contributed by atoms with van der Waals surface area (Å²) in [4.78, 5) is 17.8. The Morgan fingerprint density at radius 3 is 3.04 bits per heavy atom. The first kappa shape index (κ1) is 13.9. The Hall–Kier alpha value is -2.74. The Kier molecular flexibility index (Phi) is 3.12. The van der Waals surface area contributed by atoms with Crippen molar-refractivity contribution in [3.05, 3.63) is 35.2 Å². The van der Waals surface area contributed by atoms with Crippen molar-refractivity contribution in [1.29, 1.82) is 0 Å². The topological polar surface area (TPSA) is 82.5 Å². The number of ether oxygens (including phenoxy) is 1. The minimum Gasteiger partial charge on any atom is -0.462 e. The summed E-state index contributed by atoms with van der Waals surface area (Å²) in [6.07, 6.45) is 3.22. The van der Waals surface area contributed by atoms with Crippen LogP contribution in [0.4, 0.5) is 0 Å². The molecule has 4 rings (SSSR count). The number of furan rings is 1. The fraction of sp³-hybridized carbons (Fsp3) is 0.200. The van der Waals surface area contributed by atoms with Crippen LogP contribution in [0.5, 0.6) is 0 Å². The molecule has 0 saturated heterocycles. The highest BCUT2D eigenvalue weighted by molar-refractivity contribution is 7.20. The van der Waals surface area contributed by atoms with Crippen LogP contribution in [0.1, 0.15) is 22.2 Å². The molecule has 0 bridgehead atoms. The molecular formula is C15H12N4O3S. The van der Waals surface area contributed by atoms with Crippen molar-refractivity contribution in [2.75, 3.05) is 6.61 Å². The molecule has 0 atom stereocenters. The molecular weight excluding hydrogens is 316 g/mol. The van der Waals surface area contributed by atoms with Crippen LogP contribution in [0.2, 0.25) is 0 Å². The summed E-state index contributed by atoms with van der Waals surface area (Å²) in [5, 5.41) is 9.25. The highest BCUT2D eigenvalue weighted by Crippen LogP contribution is 2.33. The average Bonchev–Trinajstić information content (AvgIpc) is 3.24. The fourth-order valence-corrected chi connectivity index (χ4v) is 3.54. The number of carbonyl (C=O) groups excluding carboxylic acids is 1. The number of hydrogen-bond acceptors (Lipinski definition) is 7. The SMILES string of the molecule is CCOC(=O)c1sc2ncn3c(-c4ccco4)nnc3c2c1C. The minimum absolute atomic E-state index is 0.336. The van der Waals surface area contributed by atoms with E-state index in [1.807, 2.05) is 13.0 Å². The van der Waals surface area contributed by atoms with E-state index in [0.717, 1.165) is 15.8 Å². The van der Waals surface area contributed by atoms with Crippen LogP contribution in [0.25, 0.3) is 27.4 Å². The van der Waals surface area contributed by atoms with Crippen molar-refractivity contribution in [3.63, 3.8) is 0 Å². The Morgan fingerprint density at radius 2 is 2.30 bits per heavy atom. The zero-order chi connectivity index (χ0) is 16.0. The van der Waals surface area contributed by atoms with Gasteiger partial charge in [-0.3, -0.25) is 4.40 Å². The summed E-state index contributed by atoms with van der Waals surface area (Å²) >= 11 is 1.30. The van der Waals surface area contributed by atoms with Gasteiger partial charge >= 0.3 is 5.97 Å². The smallest absolute Gasteiger partial charge is 0.348 e. The summed E-state index contributed by atoms with van der Waals surface area (Å²) in [7, 11) is 0. The third kappa shape index (κ3) is 2.02. The number of aryl methyl sites for hydroxylation is 1. The molecule has 4 aromatic heterocycles. The highest BCUT2D eigenvalue weighted by Gasteiger charge is 2.22. The second-order valence-corrected chi connectivity index (χ2v) is 5.89. The first-order valence-corrected chi connectivity index (χ1v) is 7.86. The van der Waals surface area contributed by atoms with E-state index < -0.39 is 0 Å². The Balaban J connectivity index is 1.97. The zero-order valence-corrected chi connectivity index (χ0v) is 13.3. The van der Waals surface area contributed by atoms with Crippen LogP contribution in [-0.4, -0.2) is 32.2 Å². The number of thiophene rings is 1. The molecule has 0 amide bonds. The maximum absolute atomic E-state index is 12.1. The largest absolute Gasteiger partial charge is 0.462 e. The van der Waals surface area contributed by atoms with E-state index in [9.17, 15) is 4.79 Å². The standard InChI is InChI=1S/C15H12N4O3S/c1-3-21-15(20)11-8(2)10-13-18-17-12(9-5-4-6-22-9)19(13)7-16-14(10)23-11/h4-7H,3H2,1-2H3. The summed E-state index contributed by atoms with van der Waals surface area (Å²) in [6.45, 7) is 3.99. The molecule has 7 nitrogen and oxygen atoms in total. The van der Waals surface area contributed by atoms with E-state index in [-0.39, 0.29) is 5.97 Å². The van der Waals surface area contributed by atoms with Crippen LogP contribution >= 0.6 is 11.3 Å². The van der Waals surface area contributed by atoms with Crippen molar-refractivity contribution in [2.24, 2.45) is 0 Å². The summed E-state index contributed by atoms with van der Waals surface area (Å²) in [5.41, 5.74) is 1.45. The molecule has 0 fully saturated rings. The molecule has 0 radical (unpaired) electrons. The molecule has 0 saturated carbocycles. The van der Waals surface area contributed by atoms with Gasteiger partial charge in [0.15, 0.2) is 11.4 Å². The van der Waals surface area contributed by atoms with E-state index in [4.69, 9.17) is 9.15 Å². The third-order valence-electron chi connectivity index (χ3n) is 3.54. The molecule has 0 aliphatic carbocycles. The molecule has 0 aliphatic rings. The first-order valence-electron chi connectivity index (χ1n) is 7.04. The molecule has 8 heteroatoms. The molecule has 4 heterocycles. The predicted octanol–water partition coefficient (Wildman–Crippen LogP) is 3.08. The Labute approximate surface area is 134 Å². The lowest BCUT2D eigenvalue weighted by atomic mass is 10.2. The van der Waals surface area contributed by atoms with Crippen molar-refractivity contribution in [1.82, 2.24) is 19.6 Å². The van der Waals surface area contributed by atoms with Gasteiger partial charge in [0.1, 0.15) is 16.0 Å². The molecule has 23 heavy (non-hydrogen) atoms. The van der Waals surface area contributed by atoms with Crippen molar-refractivity contribution in [3.8, 4) is 11.6 Å². The molecule has 0 N–H and O–H groups in total. The first-order chi connectivity index (χ1) is 11.2. The predicted molar refractivity (Wildman–Crippen MR) is 84.6 cm³/mol. The number of hydrogen-bond donors (Lipinski definition) is 0. The highest BCUT2D eigenvalue weighted by atomic mass is 32.1. The average molecular weight is 328 g/mol. The number of carbonyl (C=O) groups is 1. The van der Waals surface area contributed by atoms with E-state index in [1.54, 1.807) is 30.0 Å². The van der Waals surface area contributed by atoms with Crippen LogP contribution in [0.15, 0.2) is 29.1 Å². The van der Waals surface area contributed by atoms with Crippen molar-refractivity contribution in [2.45, 2.75) is 13.8 Å². The van der Waals surface area contributed by atoms with Gasteiger partial charge in [-0.05, 0) is 31.5 Å². The van der Waals surface area contributed by atoms with Crippen LogP contribution in [0.3, 0.4) is 0 Å². The van der Waals surface area contributed by atoms with Gasteiger partial charge in [-0.1, -0.05) is 0 Å². The lowest BCUT2D eigenvalue weighted by Gasteiger charge is -1.99. The van der Waals surface area contributed by atoms with Gasteiger partial charge in [-0.2, -0.15) is 0 Å². The van der Waals surface area contributed by atoms with E-state index in [1.165, 1.54) is 11.3 Å². The van der Waals surface area contributed by atoms with Gasteiger partial charge < -0.3 is 9.15 Å². The fourth-order valence-electron chi connectivity index (χ4n) is 2.50. The van der Waals surface area contributed by atoms with Gasteiger partial charge in [0.25, 0.3) is 0 Å². The van der Waals surface area contributed by atoms with Crippen LogP contribution in [-0.2, 0) is 4.74 Å². The van der Waals surface area contributed by atoms with Gasteiger partial charge in [-0.15, -0.1) is 21.5 Å². The Morgan fingerprint density at radius 1 is 1.43 bits per heavy atom. The van der Waals surface area contributed by atoms with Crippen molar-refractivity contribution < 1.29 is 13.9 Å². The molecule has 0 aromatic carbocycles. The maximum atomic E-state index is 12.1. The molecule has 4 aromatic rings. The molecule has 0 unspecified atom stereocenters. The second-order valence-electron chi connectivity index (χ2n) is 4.90. The van der Waals surface area contributed by atoms with Gasteiger partial charge in [-0.25, -0.2) is 9.78 Å². The lowest BCUT2D eigenvalue weighted by molar-refractivity contribution is 0.0531. The van der Waals surface area contributed by atoms with Crippen LogP contribution in [0, 0.1) is 6.92 Å². The minimum atomic E-state index is -0.336. The number of esters is 1. The second kappa shape index (κ2) is 5.17. The van der Waals surface area contributed by atoms with Gasteiger partial charge in [0.2, 0.25) is 5.82 Å². The molecule has 0 aliphatic heterocycles. The summed E-state index contributed by atoms with van der Waals surface area (Å²) in [5.74, 6) is 0.844. The summed E-state index contributed by atoms with van der Waals surface area (Å²) in [6, 6.07) is 3.60. The quantitative estimate of drug-likeness (QED) is 0.537. The number of aromatic nitrogens is 4. The monoisotopic (exact) mass is 328 g/mol. The number of rotatable bonds is 3. The summed E-state index contributed by atoms with van der Waals surface area (Å²) < 4.78 is 12.2. The van der Waals surface area contributed by atoms with Gasteiger partial charge in [0.05, 0.1) is 18.3 Å². The number of nitrogens with zero attached hydrogens (tertiary/aromatic N) is 4. The van der Waals surface area contributed by atoms with E-state index in [0.29, 0.717) is 28.7 Å². The lowest BCUT2D eigenvalue weighted by Crippen LogP contribution is -2.03. The van der Waals surface area contributed by atoms with E-state index in [2.05, 4.69) is 15.2 Å². The molecule has 0 spiro atoms. The van der Waals surface area contributed by atoms with Crippen LogP contribution < -0.4 is 0 Å². The van der Waals surface area contributed by atoms with E-state index >= 15 is 0 Å². The normalized spacial score (nSPS) is 11.4. The third-order valence-corrected chi connectivity index (χ3v) is 4.72. The molecule has 116 valence electrons. The number of fused-ring (bicyclic) bond motifs is 3.